The highest BCUT2D eigenvalue weighted by Gasteiger charge is 2.04. The van der Waals surface area contributed by atoms with E-state index in [2.05, 4.69) is 12.1 Å². The van der Waals surface area contributed by atoms with Gasteiger partial charge < -0.3 is 4.84 Å². The molecule has 0 aliphatic rings. The molecule has 0 unspecified atom stereocenters. The van der Waals surface area contributed by atoms with Gasteiger partial charge in [-0.25, -0.2) is 0 Å². The SMILES string of the molecule is ClCCc1ccc2c(ccn2Oc2cccc(Cl)c2)c1. The van der Waals surface area contributed by atoms with E-state index in [1.165, 1.54) is 5.56 Å². The van der Waals surface area contributed by atoms with E-state index in [9.17, 15) is 0 Å². The molecular weight excluding hydrogens is 293 g/mol. The smallest absolute Gasteiger partial charge is 0.157 e. The van der Waals surface area contributed by atoms with Crippen LogP contribution in [0.15, 0.2) is 54.7 Å². The molecule has 2 aromatic carbocycles. The number of alkyl halides is 1. The Morgan fingerprint density at radius 1 is 1.05 bits per heavy atom. The maximum atomic E-state index is 5.96. The van der Waals surface area contributed by atoms with Crippen molar-refractivity contribution in [1.29, 1.82) is 0 Å². The van der Waals surface area contributed by atoms with E-state index in [1.54, 1.807) is 10.8 Å². The Kier molecular flexibility index (Phi) is 3.86. The maximum absolute atomic E-state index is 5.96. The zero-order valence-corrected chi connectivity index (χ0v) is 12.2. The summed E-state index contributed by atoms with van der Waals surface area (Å²) in [6.45, 7) is 0. The van der Waals surface area contributed by atoms with Crippen molar-refractivity contribution in [2.24, 2.45) is 0 Å². The van der Waals surface area contributed by atoms with Crippen molar-refractivity contribution in [2.45, 2.75) is 6.42 Å². The first-order valence-corrected chi connectivity index (χ1v) is 7.27. The van der Waals surface area contributed by atoms with Gasteiger partial charge in [0.2, 0.25) is 0 Å². The lowest BCUT2D eigenvalue weighted by Gasteiger charge is -2.08. The third-order valence-electron chi connectivity index (χ3n) is 3.10. The van der Waals surface area contributed by atoms with Crippen LogP contribution in [0, 0.1) is 0 Å². The average molecular weight is 306 g/mol. The second-order valence-corrected chi connectivity index (χ2v) is 5.34. The molecule has 3 rings (SSSR count). The molecule has 0 N–H and O–H groups in total. The third-order valence-corrected chi connectivity index (χ3v) is 3.53. The monoisotopic (exact) mass is 305 g/mol. The molecule has 0 atom stereocenters. The molecule has 0 saturated carbocycles. The van der Waals surface area contributed by atoms with Crippen molar-refractivity contribution in [3.05, 3.63) is 65.3 Å². The fourth-order valence-corrected chi connectivity index (χ4v) is 2.55. The normalized spacial score (nSPS) is 10.9. The van der Waals surface area contributed by atoms with Crippen LogP contribution >= 0.6 is 23.2 Å². The highest BCUT2D eigenvalue weighted by Crippen LogP contribution is 2.22. The Hall–Kier alpha value is -1.64. The number of aryl methyl sites for hydroxylation is 1. The van der Waals surface area contributed by atoms with E-state index in [-0.39, 0.29) is 0 Å². The molecule has 1 aromatic heterocycles. The summed E-state index contributed by atoms with van der Waals surface area (Å²) in [5.74, 6) is 1.34. The van der Waals surface area contributed by atoms with Crippen molar-refractivity contribution < 1.29 is 4.84 Å². The Bertz CT molecular complexity index is 736. The van der Waals surface area contributed by atoms with E-state index in [0.29, 0.717) is 16.7 Å². The topological polar surface area (TPSA) is 14.2 Å². The van der Waals surface area contributed by atoms with E-state index in [0.717, 1.165) is 17.3 Å². The fourth-order valence-electron chi connectivity index (χ4n) is 2.15. The minimum Gasteiger partial charge on any atom is -0.375 e. The summed E-state index contributed by atoms with van der Waals surface area (Å²) in [6.07, 6.45) is 2.77. The minimum atomic E-state index is 0.630. The lowest BCUT2D eigenvalue weighted by Crippen LogP contribution is -2.02. The summed E-state index contributed by atoms with van der Waals surface area (Å²) >= 11 is 11.7. The number of benzene rings is 2. The first kappa shape index (κ1) is 13.3. The molecule has 20 heavy (non-hydrogen) atoms. The summed E-state index contributed by atoms with van der Waals surface area (Å²) in [7, 11) is 0. The first-order chi connectivity index (χ1) is 9.76. The van der Waals surface area contributed by atoms with Gasteiger partial charge in [-0.3, -0.25) is 0 Å². The van der Waals surface area contributed by atoms with E-state index in [4.69, 9.17) is 28.0 Å². The summed E-state index contributed by atoms with van der Waals surface area (Å²) in [5, 5.41) is 1.79. The highest BCUT2D eigenvalue weighted by atomic mass is 35.5. The molecular formula is C16H13Cl2NO. The second kappa shape index (κ2) is 5.78. The number of hydrogen-bond donors (Lipinski definition) is 0. The number of nitrogens with zero attached hydrogens (tertiary/aromatic N) is 1. The lowest BCUT2D eigenvalue weighted by molar-refractivity contribution is 0.229. The van der Waals surface area contributed by atoms with Crippen LogP contribution in [0.4, 0.5) is 0 Å². The molecule has 0 bridgehead atoms. The van der Waals surface area contributed by atoms with Gasteiger partial charge in [0.15, 0.2) is 5.75 Å². The highest BCUT2D eigenvalue weighted by molar-refractivity contribution is 6.30. The molecule has 0 amide bonds. The van der Waals surface area contributed by atoms with Crippen molar-refractivity contribution >= 4 is 34.1 Å². The zero-order chi connectivity index (χ0) is 13.9. The van der Waals surface area contributed by atoms with Crippen molar-refractivity contribution in [1.82, 2.24) is 4.73 Å². The number of rotatable bonds is 4. The quantitative estimate of drug-likeness (QED) is 0.624. The molecule has 0 spiro atoms. The summed E-state index contributed by atoms with van der Waals surface area (Å²) in [6, 6.07) is 15.6. The van der Waals surface area contributed by atoms with Crippen molar-refractivity contribution in [2.75, 3.05) is 5.88 Å². The predicted octanol–water partition coefficient (Wildman–Crippen LogP) is 4.92. The molecule has 0 aliphatic carbocycles. The molecule has 3 aromatic rings. The van der Waals surface area contributed by atoms with E-state index < -0.39 is 0 Å². The van der Waals surface area contributed by atoms with Crippen LogP contribution in [-0.4, -0.2) is 10.6 Å². The number of aromatic nitrogens is 1. The molecule has 4 heteroatoms. The van der Waals surface area contributed by atoms with Gasteiger partial charge in [0.1, 0.15) is 0 Å². The van der Waals surface area contributed by atoms with Gasteiger partial charge in [-0.15, -0.1) is 11.6 Å². The van der Waals surface area contributed by atoms with Crippen LogP contribution < -0.4 is 4.84 Å². The Morgan fingerprint density at radius 2 is 1.95 bits per heavy atom. The molecule has 0 radical (unpaired) electrons. The van der Waals surface area contributed by atoms with Gasteiger partial charge in [-0.2, -0.15) is 4.73 Å². The maximum Gasteiger partial charge on any atom is 0.157 e. The zero-order valence-electron chi connectivity index (χ0n) is 10.7. The van der Waals surface area contributed by atoms with Crippen LogP contribution in [0.3, 0.4) is 0 Å². The third kappa shape index (κ3) is 2.77. The molecule has 1 heterocycles. The largest absolute Gasteiger partial charge is 0.375 e. The van der Waals surface area contributed by atoms with Gasteiger partial charge in [-0.1, -0.05) is 23.7 Å². The van der Waals surface area contributed by atoms with E-state index >= 15 is 0 Å². The van der Waals surface area contributed by atoms with Crippen LogP contribution in [0.1, 0.15) is 5.56 Å². The standard InChI is InChI=1S/C16H13Cl2NO/c17-8-6-12-4-5-16-13(10-12)7-9-19(16)20-15-3-1-2-14(18)11-15/h1-5,7,9-11H,6,8H2. The number of fused-ring (bicyclic) bond motifs is 1. The summed E-state index contributed by atoms with van der Waals surface area (Å²) in [4.78, 5) is 5.82. The van der Waals surface area contributed by atoms with Gasteiger partial charge in [0.25, 0.3) is 0 Å². The Labute approximate surface area is 127 Å². The molecule has 102 valence electrons. The minimum absolute atomic E-state index is 0.630. The molecule has 0 fully saturated rings. The van der Waals surface area contributed by atoms with Crippen LogP contribution in [0.5, 0.6) is 5.75 Å². The molecule has 0 saturated heterocycles. The second-order valence-electron chi connectivity index (χ2n) is 4.52. The number of hydrogen-bond acceptors (Lipinski definition) is 1. The molecule has 0 aliphatic heterocycles. The van der Waals surface area contributed by atoms with Gasteiger partial charge in [0, 0.05) is 28.6 Å². The van der Waals surface area contributed by atoms with Crippen LogP contribution in [0.25, 0.3) is 10.9 Å². The lowest BCUT2D eigenvalue weighted by atomic mass is 10.1. The average Bonchev–Trinajstić information content (AvgIpc) is 2.82. The Balaban J connectivity index is 1.92. The van der Waals surface area contributed by atoms with Crippen LogP contribution in [-0.2, 0) is 6.42 Å². The Morgan fingerprint density at radius 3 is 2.75 bits per heavy atom. The van der Waals surface area contributed by atoms with Crippen molar-refractivity contribution in [3.8, 4) is 5.75 Å². The van der Waals surface area contributed by atoms with Crippen molar-refractivity contribution in [3.63, 3.8) is 0 Å². The first-order valence-electron chi connectivity index (χ1n) is 6.36. The fraction of sp³-hybridized carbons (Fsp3) is 0.125. The van der Waals surface area contributed by atoms with E-state index in [1.807, 2.05) is 36.5 Å². The van der Waals surface area contributed by atoms with Gasteiger partial charge in [0.05, 0.1) is 5.52 Å². The van der Waals surface area contributed by atoms with Gasteiger partial charge in [-0.05, 0) is 42.3 Å². The summed E-state index contributed by atoms with van der Waals surface area (Å²) < 4.78 is 1.74. The predicted molar refractivity (Wildman–Crippen MR) is 83.8 cm³/mol. The van der Waals surface area contributed by atoms with Gasteiger partial charge >= 0.3 is 0 Å². The van der Waals surface area contributed by atoms with Crippen LogP contribution in [0.2, 0.25) is 5.02 Å². The molecule has 2 nitrogen and oxygen atoms in total. The number of halogens is 2. The summed E-state index contributed by atoms with van der Waals surface area (Å²) in [5.41, 5.74) is 2.25.